The molecule has 2 fully saturated rings. The number of nitrogens with zero attached hydrogens (tertiary/aromatic N) is 2. The summed E-state index contributed by atoms with van der Waals surface area (Å²) in [4.78, 5) is 34.3. The SMILES string of the molecule is Cc1ncsc1-c1ccc(C(CN)NC(=O)C2CCCN2C(=O)C(N/C=C(\N)C2CC2)C(C)(C)C)cc1. The van der Waals surface area contributed by atoms with Crippen LogP contribution in [0.1, 0.15) is 63.8 Å². The molecule has 0 bridgehead atoms. The normalized spacial score (nSPS) is 20.0. The topological polar surface area (TPSA) is 126 Å². The second-order valence-corrected chi connectivity index (χ2v) is 12.1. The Morgan fingerprint density at radius 2 is 1.92 bits per heavy atom. The highest BCUT2D eigenvalue weighted by molar-refractivity contribution is 7.13. The summed E-state index contributed by atoms with van der Waals surface area (Å²) >= 11 is 1.61. The fourth-order valence-electron chi connectivity index (χ4n) is 4.87. The molecule has 0 spiro atoms. The summed E-state index contributed by atoms with van der Waals surface area (Å²) in [6.45, 7) is 8.89. The van der Waals surface area contributed by atoms with Gasteiger partial charge in [-0.3, -0.25) is 9.59 Å². The zero-order chi connectivity index (χ0) is 26.7. The molecule has 4 rings (SSSR count). The maximum absolute atomic E-state index is 13.7. The summed E-state index contributed by atoms with van der Waals surface area (Å²) in [6.07, 6.45) is 5.41. The Labute approximate surface area is 223 Å². The van der Waals surface area contributed by atoms with Crippen LogP contribution in [0, 0.1) is 18.3 Å². The number of hydrogen-bond donors (Lipinski definition) is 4. The lowest BCUT2D eigenvalue weighted by Crippen LogP contribution is -2.56. The van der Waals surface area contributed by atoms with Gasteiger partial charge in [-0.2, -0.15) is 0 Å². The number of allylic oxidation sites excluding steroid dienone is 1. The molecule has 200 valence electrons. The molecule has 2 heterocycles. The van der Waals surface area contributed by atoms with Crippen molar-refractivity contribution in [3.05, 3.63) is 52.9 Å². The summed E-state index contributed by atoms with van der Waals surface area (Å²) in [7, 11) is 0. The molecule has 8 nitrogen and oxygen atoms in total. The molecule has 1 aromatic heterocycles. The fraction of sp³-hybridized carbons (Fsp3) is 0.536. The average Bonchev–Trinajstić information content (AvgIpc) is 3.44. The predicted molar refractivity (Wildman–Crippen MR) is 148 cm³/mol. The molecule has 2 aromatic rings. The quantitative estimate of drug-likeness (QED) is 0.398. The van der Waals surface area contributed by atoms with Crippen LogP contribution >= 0.6 is 11.3 Å². The molecule has 9 heteroatoms. The third-order valence-electron chi connectivity index (χ3n) is 7.29. The van der Waals surface area contributed by atoms with Crippen molar-refractivity contribution >= 4 is 23.2 Å². The third-order valence-corrected chi connectivity index (χ3v) is 8.27. The van der Waals surface area contributed by atoms with Crippen molar-refractivity contribution in [2.45, 2.75) is 71.5 Å². The van der Waals surface area contributed by atoms with E-state index in [-0.39, 0.29) is 29.8 Å². The third kappa shape index (κ3) is 6.33. The van der Waals surface area contributed by atoms with E-state index in [1.54, 1.807) is 22.4 Å². The predicted octanol–water partition coefficient (Wildman–Crippen LogP) is 3.44. The van der Waals surface area contributed by atoms with Gasteiger partial charge in [0.2, 0.25) is 11.8 Å². The van der Waals surface area contributed by atoms with Gasteiger partial charge in [0.05, 0.1) is 22.1 Å². The van der Waals surface area contributed by atoms with E-state index in [0.29, 0.717) is 18.9 Å². The van der Waals surface area contributed by atoms with E-state index in [1.165, 1.54) is 0 Å². The van der Waals surface area contributed by atoms with E-state index in [2.05, 4.69) is 15.6 Å². The number of rotatable bonds is 9. The highest BCUT2D eigenvalue weighted by Gasteiger charge is 2.41. The maximum atomic E-state index is 13.7. The Kier molecular flexibility index (Phi) is 8.23. The van der Waals surface area contributed by atoms with E-state index in [0.717, 1.165) is 46.7 Å². The van der Waals surface area contributed by atoms with Gasteiger partial charge in [-0.1, -0.05) is 45.0 Å². The lowest BCUT2D eigenvalue weighted by molar-refractivity contribution is -0.142. The summed E-state index contributed by atoms with van der Waals surface area (Å²) in [5.41, 5.74) is 17.6. The van der Waals surface area contributed by atoms with Crippen molar-refractivity contribution < 1.29 is 9.59 Å². The Hall–Kier alpha value is -2.91. The zero-order valence-corrected chi connectivity index (χ0v) is 23.1. The summed E-state index contributed by atoms with van der Waals surface area (Å²) < 4.78 is 0. The minimum Gasteiger partial charge on any atom is -0.401 e. The minimum absolute atomic E-state index is 0.0708. The Morgan fingerprint density at radius 3 is 2.49 bits per heavy atom. The van der Waals surface area contributed by atoms with E-state index in [4.69, 9.17) is 11.5 Å². The van der Waals surface area contributed by atoms with Crippen LogP contribution in [-0.2, 0) is 9.59 Å². The monoisotopic (exact) mass is 524 g/mol. The molecule has 1 aliphatic heterocycles. The number of amides is 2. The average molecular weight is 525 g/mol. The van der Waals surface area contributed by atoms with Crippen LogP contribution in [0.15, 0.2) is 41.7 Å². The molecule has 2 amide bonds. The van der Waals surface area contributed by atoms with Gasteiger partial charge in [-0.25, -0.2) is 4.98 Å². The van der Waals surface area contributed by atoms with Gasteiger partial charge >= 0.3 is 0 Å². The molecular formula is C28H40N6O2S. The van der Waals surface area contributed by atoms with Crippen LogP contribution < -0.4 is 22.1 Å². The van der Waals surface area contributed by atoms with E-state index in [1.807, 2.05) is 57.5 Å². The standard InChI is InChI=1S/C28H40N6O2S/c1-17-24(37-16-32-17)20-11-9-19(10-12-20)22(14-29)33-26(35)23-6-5-13-34(23)27(36)25(28(2,3)4)31-15-21(30)18-7-8-18/h9-12,15-16,18,22-23,25,31H,5-8,13-14,29-30H2,1-4H3,(H,33,35)/b21-15-. The first-order valence-electron chi connectivity index (χ1n) is 13.1. The van der Waals surface area contributed by atoms with Crippen molar-refractivity contribution in [3.8, 4) is 10.4 Å². The molecule has 1 aromatic carbocycles. The van der Waals surface area contributed by atoms with Crippen LogP contribution in [0.25, 0.3) is 10.4 Å². The first-order valence-corrected chi connectivity index (χ1v) is 14.0. The first kappa shape index (κ1) is 27.1. The summed E-state index contributed by atoms with van der Waals surface area (Å²) in [5, 5.41) is 6.39. The van der Waals surface area contributed by atoms with Gasteiger partial charge in [0.15, 0.2) is 0 Å². The Morgan fingerprint density at radius 1 is 1.22 bits per heavy atom. The number of thiazole rings is 1. The number of likely N-dealkylation sites (tertiary alicyclic amines) is 1. The van der Waals surface area contributed by atoms with Gasteiger partial charge in [-0.05, 0) is 55.1 Å². The minimum atomic E-state index is -0.517. The van der Waals surface area contributed by atoms with Crippen LogP contribution in [0.5, 0.6) is 0 Å². The molecule has 1 saturated heterocycles. The molecule has 1 saturated carbocycles. The highest BCUT2D eigenvalue weighted by Crippen LogP contribution is 2.34. The van der Waals surface area contributed by atoms with Gasteiger partial charge in [-0.15, -0.1) is 11.3 Å². The van der Waals surface area contributed by atoms with Crippen molar-refractivity contribution in [2.75, 3.05) is 13.1 Å². The molecule has 3 unspecified atom stereocenters. The molecular weight excluding hydrogens is 484 g/mol. The first-order chi connectivity index (χ1) is 17.6. The fourth-order valence-corrected chi connectivity index (χ4v) is 5.68. The lowest BCUT2D eigenvalue weighted by atomic mass is 9.85. The second kappa shape index (κ2) is 11.2. The smallest absolute Gasteiger partial charge is 0.246 e. The van der Waals surface area contributed by atoms with E-state index in [9.17, 15) is 9.59 Å². The number of benzene rings is 1. The van der Waals surface area contributed by atoms with Crippen LogP contribution in [0.2, 0.25) is 0 Å². The van der Waals surface area contributed by atoms with Crippen molar-refractivity contribution in [1.29, 1.82) is 0 Å². The van der Waals surface area contributed by atoms with Gasteiger partial charge < -0.3 is 27.0 Å². The highest BCUT2D eigenvalue weighted by atomic mass is 32.1. The molecule has 2 aliphatic rings. The number of aryl methyl sites for hydroxylation is 1. The molecule has 6 N–H and O–H groups in total. The van der Waals surface area contributed by atoms with Crippen molar-refractivity contribution in [3.63, 3.8) is 0 Å². The summed E-state index contributed by atoms with van der Waals surface area (Å²) in [6, 6.07) is 6.75. The number of carbonyl (C=O) groups excluding carboxylic acids is 2. The Balaban J connectivity index is 1.44. The Bertz CT molecular complexity index is 1130. The molecule has 1 aliphatic carbocycles. The van der Waals surface area contributed by atoms with Crippen molar-refractivity contribution in [2.24, 2.45) is 22.8 Å². The van der Waals surface area contributed by atoms with E-state index >= 15 is 0 Å². The van der Waals surface area contributed by atoms with Crippen molar-refractivity contribution in [1.82, 2.24) is 20.5 Å². The maximum Gasteiger partial charge on any atom is 0.246 e. The molecule has 37 heavy (non-hydrogen) atoms. The number of carbonyl (C=O) groups is 2. The largest absolute Gasteiger partial charge is 0.401 e. The second-order valence-electron chi connectivity index (χ2n) is 11.3. The van der Waals surface area contributed by atoms with Gasteiger partial charge in [0.25, 0.3) is 0 Å². The zero-order valence-electron chi connectivity index (χ0n) is 22.3. The van der Waals surface area contributed by atoms with Crippen LogP contribution in [0.3, 0.4) is 0 Å². The van der Waals surface area contributed by atoms with Gasteiger partial charge in [0, 0.05) is 25.0 Å². The van der Waals surface area contributed by atoms with Crippen LogP contribution in [-0.4, -0.2) is 46.9 Å². The van der Waals surface area contributed by atoms with Gasteiger partial charge in [0.1, 0.15) is 12.1 Å². The lowest BCUT2D eigenvalue weighted by Gasteiger charge is -2.35. The number of nitrogens with one attached hydrogen (secondary N) is 2. The number of hydrogen-bond acceptors (Lipinski definition) is 7. The molecule has 0 radical (unpaired) electrons. The number of aromatic nitrogens is 1. The van der Waals surface area contributed by atoms with E-state index < -0.39 is 12.1 Å². The molecule has 3 atom stereocenters. The number of nitrogens with two attached hydrogens (primary N) is 2. The van der Waals surface area contributed by atoms with Crippen LogP contribution in [0.4, 0.5) is 0 Å². The summed E-state index contributed by atoms with van der Waals surface area (Å²) in [5.74, 6) is 0.185.